The van der Waals surface area contributed by atoms with Crippen LogP contribution in [0.15, 0.2) is 23.8 Å². The average Bonchev–Trinajstić information content (AvgIpc) is 3.05. The predicted molar refractivity (Wildman–Crippen MR) is 137 cm³/mol. The summed E-state index contributed by atoms with van der Waals surface area (Å²) in [7, 11) is 0. The van der Waals surface area contributed by atoms with E-state index in [2.05, 4.69) is 6.92 Å². The second-order valence-electron chi connectivity index (χ2n) is 12.4. The number of hydrogen-bond donors (Lipinski definition) is 2. The molecule has 37 heavy (non-hydrogen) atoms. The summed E-state index contributed by atoms with van der Waals surface area (Å²) in [6, 6.07) is 0. The Labute approximate surface area is 219 Å². The fraction of sp³-hybridized carbons (Fsp3) is 0.767. The number of unbranched alkanes of at least 4 members (excludes halogenated alkanes) is 4. The first kappa shape index (κ1) is 28.2. The number of allylic oxidation sites excluding steroid dienone is 4. The molecule has 0 heterocycles. The number of ether oxygens (including phenoxy) is 1. The van der Waals surface area contributed by atoms with Crippen LogP contribution in [0.1, 0.15) is 91.9 Å². The second-order valence-corrected chi connectivity index (χ2v) is 12.4. The molecular formula is C30H43FO6. The van der Waals surface area contributed by atoms with E-state index in [1.165, 1.54) is 12.2 Å². The number of alkyl halides is 1. The lowest BCUT2D eigenvalue weighted by atomic mass is 9.44. The van der Waals surface area contributed by atoms with Crippen LogP contribution in [0, 0.1) is 28.6 Å². The van der Waals surface area contributed by atoms with Crippen LogP contribution in [0.5, 0.6) is 0 Å². The zero-order chi connectivity index (χ0) is 27.2. The summed E-state index contributed by atoms with van der Waals surface area (Å²) < 4.78 is 22.5. The van der Waals surface area contributed by atoms with Crippen LogP contribution in [0.4, 0.5) is 4.39 Å². The molecule has 0 aromatic carbocycles. The van der Waals surface area contributed by atoms with Crippen molar-refractivity contribution < 1.29 is 33.7 Å². The van der Waals surface area contributed by atoms with Crippen molar-refractivity contribution in [2.45, 2.75) is 109 Å². The van der Waals surface area contributed by atoms with Crippen molar-refractivity contribution >= 4 is 17.5 Å². The van der Waals surface area contributed by atoms with Gasteiger partial charge in [0.2, 0.25) is 5.78 Å². The third-order valence-electron chi connectivity index (χ3n) is 10.5. The number of hydrogen-bond acceptors (Lipinski definition) is 6. The molecule has 206 valence electrons. The number of carbonyl (C=O) groups excluding carboxylic acids is 3. The quantitative estimate of drug-likeness (QED) is 0.336. The van der Waals surface area contributed by atoms with Crippen molar-refractivity contribution in [3.63, 3.8) is 0 Å². The fourth-order valence-electron chi connectivity index (χ4n) is 8.34. The second kappa shape index (κ2) is 10.0. The first-order chi connectivity index (χ1) is 17.4. The van der Waals surface area contributed by atoms with E-state index in [1.807, 2.05) is 0 Å². The van der Waals surface area contributed by atoms with E-state index >= 15 is 4.39 Å². The van der Waals surface area contributed by atoms with Crippen LogP contribution in [0.25, 0.3) is 0 Å². The normalized spacial score (nSPS) is 42.5. The van der Waals surface area contributed by atoms with E-state index in [1.54, 1.807) is 26.8 Å². The van der Waals surface area contributed by atoms with Gasteiger partial charge < -0.3 is 14.9 Å². The van der Waals surface area contributed by atoms with E-state index in [4.69, 9.17) is 4.74 Å². The largest absolute Gasteiger partial charge is 0.458 e. The van der Waals surface area contributed by atoms with Gasteiger partial charge in [0.25, 0.3) is 0 Å². The van der Waals surface area contributed by atoms with Gasteiger partial charge in [0.15, 0.2) is 18.1 Å². The van der Waals surface area contributed by atoms with Crippen LogP contribution >= 0.6 is 0 Å². The van der Waals surface area contributed by atoms with Crippen LogP contribution in [0.3, 0.4) is 0 Å². The smallest absolute Gasteiger partial charge is 0.306 e. The topological polar surface area (TPSA) is 101 Å². The predicted octanol–water partition coefficient (Wildman–Crippen LogP) is 4.81. The van der Waals surface area contributed by atoms with Crippen molar-refractivity contribution in [3.8, 4) is 0 Å². The maximum atomic E-state index is 17.2. The lowest BCUT2D eigenvalue weighted by molar-refractivity contribution is -0.220. The summed E-state index contributed by atoms with van der Waals surface area (Å²) in [5, 5.41) is 23.3. The highest BCUT2D eigenvalue weighted by molar-refractivity contribution is 6.01. The number of ketones is 2. The number of aliphatic hydroxyl groups is 2. The molecule has 3 fully saturated rings. The van der Waals surface area contributed by atoms with Crippen LogP contribution in [-0.2, 0) is 19.1 Å². The highest BCUT2D eigenvalue weighted by atomic mass is 19.1. The molecule has 0 aromatic rings. The lowest BCUT2D eigenvalue weighted by Crippen LogP contribution is -2.69. The molecule has 0 saturated heterocycles. The molecule has 4 rings (SSSR count). The van der Waals surface area contributed by atoms with Gasteiger partial charge in [0, 0.05) is 23.2 Å². The molecule has 4 aliphatic carbocycles. The van der Waals surface area contributed by atoms with Crippen molar-refractivity contribution in [1.82, 2.24) is 0 Å². The van der Waals surface area contributed by atoms with Gasteiger partial charge >= 0.3 is 5.97 Å². The van der Waals surface area contributed by atoms with Gasteiger partial charge in [-0.15, -0.1) is 0 Å². The Morgan fingerprint density at radius 3 is 2.57 bits per heavy atom. The summed E-state index contributed by atoms with van der Waals surface area (Å²) in [5.41, 5.74) is -5.35. The third kappa shape index (κ3) is 4.15. The first-order valence-electron chi connectivity index (χ1n) is 14.1. The van der Waals surface area contributed by atoms with Crippen molar-refractivity contribution in [3.05, 3.63) is 23.8 Å². The number of halogens is 1. The third-order valence-corrected chi connectivity index (χ3v) is 10.5. The molecular weight excluding hydrogens is 475 g/mol. The van der Waals surface area contributed by atoms with Crippen LogP contribution < -0.4 is 0 Å². The van der Waals surface area contributed by atoms with Gasteiger partial charge in [-0.3, -0.25) is 14.4 Å². The number of Topliss-reactive ketones (excluding diaryl/α,β-unsaturated/α-hetero) is 1. The Balaban J connectivity index is 1.52. The molecule has 2 N–H and O–H groups in total. The van der Waals surface area contributed by atoms with Gasteiger partial charge in [0.1, 0.15) is 5.60 Å². The number of carbonyl (C=O) groups is 3. The molecule has 0 radical (unpaired) electrons. The highest BCUT2D eigenvalue weighted by Crippen LogP contribution is 2.70. The Bertz CT molecular complexity index is 1000. The zero-order valence-corrected chi connectivity index (χ0v) is 22.7. The molecule has 0 bridgehead atoms. The van der Waals surface area contributed by atoms with Gasteiger partial charge in [-0.2, -0.15) is 0 Å². The molecule has 8 atom stereocenters. The number of rotatable bonds is 9. The molecule has 3 saturated carbocycles. The highest BCUT2D eigenvalue weighted by Gasteiger charge is 2.75. The summed E-state index contributed by atoms with van der Waals surface area (Å²) in [6.45, 7) is 6.92. The van der Waals surface area contributed by atoms with E-state index in [0.29, 0.717) is 31.3 Å². The van der Waals surface area contributed by atoms with Gasteiger partial charge in [0.05, 0.1) is 6.10 Å². The van der Waals surface area contributed by atoms with Gasteiger partial charge in [-0.25, -0.2) is 4.39 Å². The van der Waals surface area contributed by atoms with Gasteiger partial charge in [-0.1, -0.05) is 58.1 Å². The minimum absolute atomic E-state index is 0.0900. The Kier molecular flexibility index (Phi) is 7.63. The molecule has 0 spiro atoms. The molecule has 0 aromatic heterocycles. The monoisotopic (exact) mass is 518 g/mol. The summed E-state index contributed by atoms with van der Waals surface area (Å²) in [4.78, 5) is 37.7. The molecule has 0 aliphatic heterocycles. The molecule has 7 heteroatoms. The van der Waals surface area contributed by atoms with Crippen molar-refractivity contribution in [1.29, 1.82) is 0 Å². The molecule has 0 amide bonds. The van der Waals surface area contributed by atoms with Crippen molar-refractivity contribution in [2.24, 2.45) is 28.6 Å². The number of esters is 1. The Hall–Kier alpha value is -1.86. The number of aliphatic hydroxyl groups excluding tert-OH is 1. The van der Waals surface area contributed by atoms with E-state index in [-0.39, 0.29) is 24.5 Å². The fourth-order valence-corrected chi connectivity index (χ4v) is 8.34. The van der Waals surface area contributed by atoms with Crippen LogP contribution in [-0.4, -0.2) is 51.7 Å². The SMILES string of the molecule is CCCCCCCC(=O)OCC(=O)[C@@]1(O)[C@H](C)C[C@H]2[C@@H]3CCC4=CC(=O)C=C[C@]4(C)[C@@]3(F)[C@@H](O)C[C@@]21C. The zero-order valence-electron chi connectivity index (χ0n) is 22.7. The van der Waals surface area contributed by atoms with E-state index in [9.17, 15) is 24.6 Å². The minimum Gasteiger partial charge on any atom is -0.458 e. The standard InChI is InChI=1S/C30H43FO6/c1-5-6-7-8-9-10-26(35)37-18-25(34)30(36)19(2)15-23-22-12-11-20-16-21(32)13-14-27(20,3)29(22,31)24(33)17-28(23,30)4/h13-14,16,19,22-24,33,36H,5-12,15,17-18H2,1-4H3/t19-,22+,23+,24+,27+,28+,29+,30+/m1/s1. The molecule has 4 aliphatic rings. The average molecular weight is 519 g/mol. The first-order valence-corrected chi connectivity index (χ1v) is 14.1. The molecule has 0 unspecified atom stereocenters. The lowest BCUT2D eigenvalue weighted by Gasteiger charge is -2.62. The Morgan fingerprint density at radius 2 is 1.86 bits per heavy atom. The summed E-state index contributed by atoms with van der Waals surface area (Å²) in [5.74, 6) is -2.61. The maximum Gasteiger partial charge on any atom is 0.306 e. The summed E-state index contributed by atoms with van der Waals surface area (Å²) in [6.07, 6.45) is 9.51. The van der Waals surface area contributed by atoms with Crippen molar-refractivity contribution in [2.75, 3.05) is 6.61 Å². The van der Waals surface area contributed by atoms with E-state index < -0.39 is 58.4 Å². The Morgan fingerprint density at radius 1 is 1.16 bits per heavy atom. The van der Waals surface area contributed by atoms with Crippen LogP contribution in [0.2, 0.25) is 0 Å². The van der Waals surface area contributed by atoms with E-state index in [0.717, 1.165) is 25.7 Å². The van der Waals surface area contributed by atoms with Gasteiger partial charge in [-0.05, 0) is 63.0 Å². The molecule has 6 nitrogen and oxygen atoms in total. The minimum atomic E-state index is -2.02. The summed E-state index contributed by atoms with van der Waals surface area (Å²) >= 11 is 0. The number of fused-ring (bicyclic) bond motifs is 5. The maximum absolute atomic E-state index is 17.2.